The SMILES string of the molecule is CC1(S)N=CN=C2C1=NCN2[C@@H]1O[C@H](COP(=O)(O)OP(=O)(O)OP(=O)(O)O)[C@@H](O)[C@H]1O. The Morgan fingerprint density at radius 2 is 1.84 bits per heavy atom. The Hall–Kier alpha value is -0.550. The summed E-state index contributed by atoms with van der Waals surface area (Å²) in [6, 6.07) is 0. The van der Waals surface area contributed by atoms with E-state index in [9.17, 15) is 28.8 Å². The van der Waals surface area contributed by atoms with E-state index < -0.39 is 59.5 Å². The standard InChI is InChI=1S/C11H19N4O13P3S/c1-11(32)8-9(12-3-14-11)15(4-13-8)10-7(17)6(16)5(26-10)2-25-30(21,22)28-31(23,24)27-29(18,19)20/h3,5-7,10,16-17,32H,2,4H2,1H3,(H,21,22)(H,23,24)(H2,18,19,20)/t5-,6-,7-,10-,11?/m1/s1. The molecule has 3 rings (SSSR count). The quantitative estimate of drug-likeness (QED) is 0.138. The summed E-state index contributed by atoms with van der Waals surface area (Å²) in [7, 11) is -16.7. The Balaban J connectivity index is 1.63. The van der Waals surface area contributed by atoms with E-state index >= 15 is 0 Å². The molecule has 21 heteroatoms. The first-order valence-corrected chi connectivity index (χ1v) is 13.4. The monoisotopic (exact) mass is 540 g/mol. The van der Waals surface area contributed by atoms with Gasteiger partial charge in [0, 0.05) is 0 Å². The number of hydrogen-bond donors (Lipinski definition) is 7. The number of amidine groups is 1. The van der Waals surface area contributed by atoms with Crippen molar-refractivity contribution < 1.29 is 61.4 Å². The summed E-state index contributed by atoms with van der Waals surface area (Å²) in [6.07, 6.45) is -4.59. The fraction of sp³-hybridized carbons (Fsp3) is 0.727. The zero-order valence-electron chi connectivity index (χ0n) is 15.9. The molecule has 0 aliphatic carbocycles. The van der Waals surface area contributed by atoms with Crippen LogP contribution in [0.25, 0.3) is 0 Å². The predicted octanol–water partition coefficient (Wildman–Crippen LogP) is -1.42. The molecule has 0 saturated carbocycles. The van der Waals surface area contributed by atoms with Crippen molar-refractivity contribution in [2.75, 3.05) is 13.3 Å². The van der Waals surface area contributed by atoms with Crippen molar-refractivity contribution in [1.82, 2.24) is 4.90 Å². The van der Waals surface area contributed by atoms with Gasteiger partial charge in [-0.3, -0.25) is 9.52 Å². The lowest BCUT2D eigenvalue weighted by molar-refractivity contribution is -0.0680. The van der Waals surface area contributed by atoms with Gasteiger partial charge in [-0.1, -0.05) is 0 Å². The van der Waals surface area contributed by atoms with Crippen molar-refractivity contribution in [3.05, 3.63) is 0 Å². The summed E-state index contributed by atoms with van der Waals surface area (Å²) in [5.41, 5.74) is 0.394. The topological polar surface area (TPSA) is 250 Å². The van der Waals surface area contributed by atoms with E-state index in [2.05, 4.69) is 40.8 Å². The van der Waals surface area contributed by atoms with Gasteiger partial charge in [-0.05, 0) is 6.92 Å². The fourth-order valence-electron chi connectivity index (χ4n) is 2.97. The molecule has 6 N–H and O–H groups in total. The number of thiol groups is 1. The van der Waals surface area contributed by atoms with Gasteiger partial charge in [-0.15, -0.1) is 12.6 Å². The second-order valence-corrected chi connectivity index (χ2v) is 12.1. The van der Waals surface area contributed by atoms with Crippen LogP contribution in [0.1, 0.15) is 6.92 Å². The van der Waals surface area contributed by atoms with E-state index in [1.165, 1.54) is 11.2 Å². The molecule has 0 aromatic rings. The van der Waals surface area contributed by atoms with Gasteiger partial charge in [0.2, 0.25) is 0 Å². The summed E-state index contributed by atoms with van der Waals surface area (Å²) in [5, 5.41) is 20.6. The van der Waals surface area contributed by atoms with Gasteiger partial charge < -0.3 is 39.4 Å². The van der Waals surface area contributed by atoms with Crippen LogP contribution in [-0.4, -0.2) is 95.3 Å². The molecule has 3 unspecified atom stereocenters. The first-order valence-electron chi connectivity index (χ1n) is 8.47. The van der Waals surface area contributed by atoms with Gasteiger partial charge >= 0.3 is 23.5 Å². The van der Waals surface area contributed by atoms with Gasteiger partial charge in [0.25, 0.3) is 0 Å². The number of aliphatic hydroxyl groups is 2. The van der Waals surface area contributed by atoms with Crippen LogP contribution >= 0.6 is 36.1 Å². The number of aliphatic imine (C=N–C) groups is 3. The minimum absolute atomic E-state index is 0.0231. The second-order valence-electron chi connectivity index (χ2n) is 6.77. The summed E-state index contributed by atoms with van der Waals surface area (Å²) >= 11 is 4.37. The van der Waals surface area contributed by atoms with Gasteiger partial charge in [0.05, 0.1) is 6.61 Å². The largest absolute Gasteiger partial charge is 0.490 e. The van der Waals surface area contributed by atoms with E-state index in [0.717, 1.165) is 0 Å². The van der Waals surface area contributed by atoms with E-state index in [-0.39, 0.29) is 12.5 Å². The summed E-state index contributed by atoms with van der Waals surface area (Å²) in [5.74, 6) is 0.280. The van der Waals surface area contributed by atoms with Gasteiger partial charge in [-0.25, -0.2) is 23.7 Å². The molecule has 0 aromatic carbocycles. The molecule has 3 aliphatic heterocycles. The molecule has 182 valence electrons. The average Bonchev–Trinajstić information content (AvgIpc) is 3.13. The molecule has 3 heterocycles. The molecule has 0 amide bonds. The highest BCUT2D eigenvalue weighted by molar-refractivity contribution is 7.83. The molecule has 0 bridgehead atoms. The number of phosphoric ester groups is 1. The molecular weight excluding hydrogens is 521 g/mol. The number of phosphoric acid groups is 3. The third kappa shape index (κ3) is 5.92. The number of nitrogens with zero attached hydrogens (tertiary/aromatic N) is 4. The average molecular weight is 540 g/mol. The normalized spacial score (nSPS) is 36.3. The van der Waals surface area contributed by atoms with Gasteiger partial charge in [0.1, 0.15) is 41.9 Å². The van der Waals surface area contributed by atoms with E-state index in [1.54, 1.807) is 6.92 Å². The molecule has 0 aromatic heterocycles. The fourth-order valence-corrected chi connectivity index (χ4v) is 6.22. The molecule has 3 aliphatic rings. The van der Waals surface area contributed by atoms with Gasteiger partial charge in [0.15, 0.2) is 12.1 Å². The molecule has 32 heavy (non-hydrogen) atoms. The van der Waals surface area contributed by atoms with Crippen LogP contribution in [0.2, 0.25) is 0 Å². The Morgan fingerprint density at radius 3 is 2.47 bits per heavy atom. The Labute approximate surface area is 185 Å². The first-order chi connectivity index (χ1) is 14.5. The van der Waals surface area contributed by atoms with Crippen LogP contribution < -0.4 is 0 Å². The second kappa shape index (κ2) is 8.91. The third-order valence-electron chi connectivity index (χ3n) is 4.27. The number of aliphatic hydroxyl groups excluding tert-OH is 2. The van der Waals surface area contributed by atoms with Crippen LogP contribution in [0, 0.1) is 0 Å². The summed E-state index contributed by atoms with van der Waals surface area (Å²) in [4.78, 5) is 48.5. The molecule has 7 atom stereocenters. The van der Waals surface area contributed by atoms with Crippen molar-refractivity contribution in [1.29, 1.82) is 0 Å². The third-order valence-corrected chi connectivity index (χ3v) is 8.39. The number of hydrogen-bond acceptors (Lipinski definition) is 14. The Kier molecular flexibility index (Phi) is 7.25. The van der Waals surface area contributed by atoms with E-state index in [1.807, 2.05) is 0 Å². The maximum Gasteiger partial charge on any atom is 0.490 e. The molecule has 1 saturated heterocycles. The van der Waals surface area contributed by atoms with Crippen molar-refractivity contribution in [3.63, 3.8) is 0 Å². The zero-order chi connectivity index (χ0) is 24.1. The van der Waals surface area contributed by atoms with Crippen molar-refractivity contribution >= 4 is 54.0 Å². The smallest absolute Gasteiger partial charge is 0.387 e. The number of ether oxygens (including phenoxy) is 1. The lowest BCUT2D eigenvalue weighted by atomic mass is 10.1. The van der Waals surface area contributed by atoms with E-state index in [4.69, 9.17) is 19.4 Å². The van der Waals surface area contributed by atoms with Crippen molar-refractivity contribution in [2.24, 2.45) is 15.0 Å². The van der Waals surface area contributed by atoms with Crippen LogP contribution in [0.15, 0.2) is 15.0 Å². The Bertz CT molecular complexity index is 998. The lowest BCUT2D eigenvalue weighted by Gasteiger charge is -2.30. The minimum atomic E-state index is -5.69. The van der Waals surface area contributed by atoms with E-state index in [0.29, 0.717) is 5.71 Å². The Morgan fingerprint density at radius 1 is 1.19 bits per heavy atom. The van der Waals surface area contributed by atoms with Crippen molar-refractivity contribution in [3.8, 4) is 0 Å². The predicted molar refractivity (Wildman–Crippen MR) is 108 cm³/mol. The highest BCUT2D eigenvalue weighted by atomic mass is 32.1. The minimum Gasteiger partial charge on any atom is -0.387 e. The highest BCUT2D eigenvalue weighted by Crippen LogP contribution is 2.66. The number of fused-ring (bicyclic) bond motifs is 1. The molecule has 0 radical (unpaired) electrons. The van der Waals surface area contributed by atoms with Crippen LogP contribution in [0.3, 0.4) is 0 Å². The van der Waals surface area contributed by atoms with Crippen molar-refractivity contribution in [2.45, 2.75) is 36.3 Å². The number of rotatable bonds is 8. The molecule has 17 nitrogen and oxygen atoms in total. The maximum atomic E-state index is 11.8. The first kappa shape index (κ1) is 26.1. The molecule has 0 spiro atoms. The van der Waals surface area contributed by atoms with Gasteiger partial charge in [-0.2, -0.15) is 8.62 Å². The van der Waals surface area contributed by atoms with Crippen LogP contribution in [0.5, 0.6) is 0 Å². The molecule has 1 fully saturated rings. The molecular formula is C11H19N4O13P3S. The summed E-state index contributed by atoms with van der Waals surface area (Å²) < 4.78 is 51.0. The maximum absolute atomic E-state index is 11.8. The zero-order valence-corrected chi connectivity index (χ0v) is 19.5. The lowest BCUT2D eigenvalue weighted by Crippen LogP contribution is -2.49. The van der Waals surface area contributed by atoms with Crippen LogP contribution in [0.4, 0.5) is 0 Å². The van der Waals surface area contributed by atoms with Crippen LogP contribution in [-0.2, 0) is 31.6 Å². The summed E-state index contributed by atoms with van der Waals surface area (Å²) in [6.45, 7) is 0.707. The highest BCUT2D eigenvalue weighted by Gasteiger charge is 2.51.